The van der Waals surface area contributed by atoms with Gasteiger partial charge in [-0.15, -0.1) is 13.1 Å². The molecule has 0 aliphatic heterocycles. The summed E-state index contributed by atoms with van der Waals surface area (Å²) in [7, 11) is 0. The van der Waals surface area contributed by atoms with E-state index in [0.29, 0.717) is 26.1 Å². The van der Waals surface area contributed by atoms with E-state index in [4.69, 9.17) is 4.74 Å². The van der Waals surface area contributed by atoms with Crippen molar-refractivity contribution >= 4 is 41.6 Å². The molecule has 6 heteroatoms. The Bertz CT molecular complexity index is 353. The number of ether oxygens (including phenoxy) is 1. The topological polar surface area (TPSA) is 40.4 Å². The van der Waals surface area contributed by atoms with Crippen LogP contribution >= 0.6 is 35.6 Å². The number of benzene rings is 1. The maximum atomic E-state index is 11.0. The fourth-order valence-electron chi connectivity index (χ4n) is 1.25. The van der Waals surface area contributed by atoms with Crippen molar-refractivity contribution in [3.05, 3.63) is 39.6 Å². The molecule has 0 amide bonds. The fourth-order valence-corrected chi connectivity index (χ4v) is 1.69. The average molecular weight is 602 g/mol. The van der Waals surface area contributed by atoms with Crippen LogP contribution < -0.4 is 0 Å². The molecule has 0 saturated heterocycles. The van der Waals surface area contributed by atoms with Crippen LogP contribution in [0.5, 0.6) is 0 Å². The van der Waals surface area contributed by atoms with Crippen LogP contribution in [0.3, 0.4) is 0 Å². The van der Waals surface area contributed by atoms with Gasteiger partial charge in [0, 0.05) is 10.9 Å². The molecule has 0 saturated carbocycles. The predicted molar refractivity (Wildman–Crippen MR) is 81.3 cm³/mol. The minimum absolute atomic E-state index is 0.180. The van der Waals surface area contributed by atoms with E-state index in [1.165, 1.54) is 0 Å². The van der Waals surface area contributed by atoms with E-state index in [1.807, 2.05) is 39.3 Å². The molecule has 0 aliphatic carbocycles. The van der Waals surface area contributed by atoms with E-state index in [0.717, 1.165) is 10.0 Å². The Morgan fingerprint density at radius 3 is 2.83 bits per heavy atom. The first-order valence-corrected chi connectivity index (χ1v) is 13.4. The second kappa shape index (κ2) is 12.5. The fraction of sp³-hybridized carbons (Fsp3) is 0.417. The Balaban J connectivity index is 0.00000137. The molecule has 0 atom stereocenters. The number of esters is 1. The van der Waals surface area contributed by atoms with Gasteiger partial charge < -0.3 is 10.1 Å². The summed E-state index contributed by atoms with van der Waals surface area (Å²) in [6.45, 7) is 3.39. The van der Waals surface area contributed by atoms with Gasteiger partial charge in [-0.05, 0) is 19.1 Å². The van der Waals surface area contributed by atoms with Gasteiger partial charge in [-0.3, -0.25) is 4.79 Å². The van der Waals surface area contributed by atoms with Gasteiger partial charge in [0.1, 0.15) is 0 Å². The van der Waals surface area contributed by atoms with Crippen LogP contribution in [0.1, 0.15) is 18.9 Å². The molecule has 103 valence electrons. The van der Waals surface area contributed by atoms with Gasteiger partial charge in [-0.2, -0.15) is 0 Å². The number of carbonyl (C=O) groups excluding carboxylic acids is 1. The van der Waals surface area contributed by atoms with E-state index in [-0.39, 0.29) is 5.97 Å². The Kier molecular flexibility index (Phi) is 12.9. The van der Waals surface area contributed by atoms with Crippen molar-refractivity contribution in [3.8, 4) is 0 Å². The summed E-state index contributed by atoms with van der Waals surface area (Å²) in [6, 6.07) is 7.98. The van der Waals surface area contributed by atoms with Crippen molar-refractivity contribution in [2.75, 3.05) is 13.2 Å². The third-order valence-corrected chi connectivity index (χ3v) is 2.46. The molecule has 18 heavy (non-hydrogen) atoms. The normalized spacial score (nSPS) is 9.33. The summed E-state index contributed by atoms with van der Waals surface area (Å²) >= 11 is 7.41. The van der Waals surface area contributed by atoms with Crippen LogP contribution in [0.15, 0.2) is 28.7 Å². The van der Waals surface area contributed by atoms with Gasteiger partial charge >= 0.3 is 40.7 Å². The molecular formula is C12H15BrINO2Os-. The van der Waals surface area contributed by atoms with Crippen molar-refractivity contribution < 1.29 is 24.6 Å². The molecule has 0 heterocycles. The zero-order chi connectivity index (χ0) is 13.8. The number of nitrogens with zero attached hydrogens (tertiary/aromatic N) is 1. The second-order valence-electron chi connectivity index (χ2n) is 3.29. The summed E-state index contributed by atoms with van der Waals surface area (Å²) in [6.07, 6.45) is 0.363. The van der Waals surface area contributed by atoms with E-state index in [1.54, 1.807) is 6.92 Å². The number of rotatable bonds is 6. The summed E-state index contributed by atoms with van der Waals surface area (Å²) in [5.74, 6) is -0.180. The van der Waals surface area contributed by atoms with Crippen LogP contribution in [0.2, 0.25) is 0 Å². The molecule has 0 spiro atoms. The zero-order valence-electron chi connectivity index (χ0n) is 10.0. The molecule has 1 rings (SSSR count). The summed E-state index contributed by atoms with van der Waals surface area (Å²) in [5.41, 5.74) is 1.14. The maximum absolute atomic E-state index is 11.0. The minimum atomic E-state index is -0.180. The van der Waals surface area contributed by atoms with Crippen LogP contribution in [0.25, 0.3) is 5.32 Å². The van der Waals surface area contributed by atoms with Gasteiger partial charge in [-0.1, -0.05) is 33.6 Å². The molecule has 3 nitrogen and oxygen atoms in total. The Hall–Kier alpha value is 0.496. The van der Waals surface area contributed by atoms with Crippen molar-refractivity contribution in [2.24, 2.45) is 0 Å². The van der Waals surface area contributed by atoms with Crippen LogP contribution in [0.4, 0.5) is 0 Å². The van der Waals surface area contributed by atoms with E-state index in [2.05, 4.69) is 40.9 Å². The Morgan fingerprint density at radius 2 is 2.22 bits per heavy atom. The molecule has 0 radical (unpaired) electrons. The van der Waals surface area contributed by atoms with E-state index >= 15 is 0 Å². The molecule has 0 aliphatic rings. The molecule has 0 aromatic heterocycles. The summed E-state index contributed by atoms with van der Waals surface area (Å²) in [4.78, 5) is 11.0. The number of hydrogen-bond donors (Lipinski definition) is 0. The molecule has 0 N–H and O–H groups in total. The quantitative estimate of drug-likeness (QED) is 0.279. The Labute approximate surface area is 138 Å². The predicted octanol–water partition coefficient (Wildman–Crippen LogP) is 4.16. The summed E-state index contributed by atoms with van der Waals surface area (Å²) in [5, 5.41) is 4.28. The third-order valence-electron chi connectivity index (χ3n) is 1.96. The first kappa shape index (κ1) is 18.5. The number of halogens is 2. The third kappa shape index (κ3) is 9.43. The van der Waals surface area contributed by atoms with Gasteiger partial charge in [0.05, 0.1) is 6.61 Å². The molecule has 0 fully saturated rings. The monoisotopic (exact) mass is 603 g/mol. The Morgan fingerprint density at radius 1 is 1.50 bits per heavy atom. The van der Waals surface area contributed by atoms with Gasteiger partial charge in [-0.25, -0.2) is 0 Å². The number of hydrogen-bond acceptors (Lipinski definition) is 2. The first-order valence-electron chi connectivity index (χ1n) is 5.39. The number of carbonyl (C=O) groups is 1. The van der Waals surface area contributed by atoms with Crippen molar-refractivity contribution in [2.45, 2.75) is 19.9 Å². The van der Waals surface area contributed by atoms with Gasteiger partial charge in [0.15, 0.2) is 0 Å². The van der Waals surface area contributed by atoms with Crippen molar-refractivity contribution in [1.29, 1.82) is 0 Å². The van der Waals surface area contributed by atoms with Crippen molar-refractivity contribution in [1.82, 2.24) is 0 Å². The van der Waals surface area contributed by atoms with E-state index in [9.17, 15) is 4.79 Å². The average Bonchev–Trinajstić information content (AvgIpc) is 2.38. The van der Waals surface area contributed by atoms with Gasteiger partial charge in [0.25, 0.3) is 0 Å². The molecule has 0 bridgehead atoms. The first-order chi connectivity index (χ1) is 8.72. The standard InChI is InChI=1S/C12H15BrNO2.HI.Os/c1-2-16-12(15)6-7-14-9-10-4-3-5-11(13)8-10;;/h3-5,8H,2,6-7,9H2,1H3;1H;/q-1;;+1/p-1. The zero-order valence-corrected chi connectivity index (χ0v) is 16.3. The van der Waals surface area contributed by atoms with Crippen molar-refractivity contribution in [3.63, 3.8) is 0 Å². The van der Waals surface area contributed by atoms with Crippen LogP contribution in [0, 0.1) is 0 Å². The van der Waals surface area contributed by atoms with Crippen LogP contribution in [-0.2, 0) is 31.1 Å². The SMILES string of the molecule is CCOC(=O)CC[N-]Cc1cccc(Br)c1.[I][Os]. The second-order valence-corrected chi connectivity index (χ2v) is 4.21. The molecule has 1 aromatic carbocycles. The van der Waals surface area contributed by atoms with Gasteiger partial charge in [0.2, 0.25) is 0 Å². The van der Waals surface area contributed by atoms with E-state index < -0.39 is 0 Å². The molecule has 0 unspecified atom stereocenters. The van der Waals surface area contributed by atoms with Crippen LogP contribution in [-0.4, -0.2) is 19.1 Å². The molecular weight excluding hydrogens is 587 g/mol. The molecule has 1 aromatic rings. The summed E-state index contributed by atoms with van der Waals surface area (Å²) < 4.78 is 5.85.